The topological polar surface area (TPSA) is 56.7 Å². The molecule has 0 aliphatic heterocycles. The second-order valence-electron chi connectivity index (χ2n) is 4.57. The number of hydrogen-bond acceptors (Lipinski definition) is 2. The van der Waals surface area contributed by atoms with E-state index in [0.29, 0.717) is 18.1 Å². The summed E-state index contributed by atoms with van der Waals surface area (Å²) in [6.07, 6.45) is 0. The molecule has 0 aromatic heterocycles. The maximum Gasteiger partial charge on any atom is 0.241 e. The van der Waals surface area contributed by atoms with Gasteiger partial charge in [-0.05, 0) is 25.1 Å². The minimum atomic E-state index is -0.304. The van der Waals surface area contributed by atoms with E-state index in [-0.39, 0.29) is 48.8 Å². The number of halogens is 3. The number of amides is 1. The van der Waals surface area contributed by atoms with Crippen LogP contribution in [-0.2, 0) is 11.3 Å². The maximum atomic E-state index is 13.6. The monoisotopic (exact) mass is 486 g/mol. The van der Waals surface area contributed by atoms with Crippen molar-refractivity contribution in [2.75, 3.05) is 27.2 Å². The van der Waals surface area contributed by atoms with E-state index in [9.17, 15) is 9.18 Å². The number of aliphatic imine (C=N–C) groups is 1. The first-order valence-electron chi connectivity index (χ1n) is 6.60. The van der Waals surface area contributed by atoms with E-state index in [1.807, 2.05) is 6.92 Å². The summed E-state index contributed by atoms with van der Waals surface area (Å²) in [7, 11) is 3.37. The van der Waals surface area contributed by atoms with Crippen LogP contribution in [0.4, 0.5) is 4.39 Å². The predicted octanol–water partition coefficient (Wildman–Crippen LogP) is 2.35. The van der Waals surface area contributed by atoms with Gasteiger partial charge in [0.05, 0.1) is 13.1 Å². The highest BCUT2D eigenvalue weighted by Gasteiger charge is 2.06. The number of benzene rings is 1. The molecule has 0 radical (unpaired) electrons. The number of carbonyl (C=O) groups is 1. The van der Waals surface area contributed by atoms with Gasteiger partial charge in [-0.25, -0.2) is 9.38 Å². The Morgan fingerprint density at radius 1 is 1.36 bits per heavy atom. The number of guanidine groups is 1. The van der Waals surface area contributed by atoms with E-state index >= 15 is 0 Å². The maximum absolute atomic E-state index is 13.6. The minimum Gasteiger partial charge on any atom is -0.357 e. The molecule has 0 unspecified atom stereocenters. The van der Waals surface area contributed by atoms with Crippen molar-refractivity contribution in [1.29, 1.82) is 0 Å². The molecule has 0 saturated carbocycles. The fourth-order valence-corrected chi connectivity index (χ4v) is 1.90. The summed E-state index contributed by atoms with van der Waals surface area (Å²) < 4.78 is 14.4. The first-order valence-corrected chi connectivity index (χ1v) is 7.39. The fourth-order valence-electron chi connectivity index (χ4n) is 1.49. The highest BCUT2D eigenvalue weighted by atomic mass is 127. The Bertz CT molecular complexity index is 526. The SMILES string of the molecule is CCNC(=NCc1cc(Br)ccc1F)NCC(=O)N(C)C.I. The van der Waals surface area contributed by atoms with Gasteiger partial charge in [-0.15, -0.1) is 24.0 Å². The highest BCUT2D eigenvalue weighted by molar-refractivity contribution is 14.0. The van der Waals surface area contributed by atoms with Crippen molar-refractivity contribution in [1.82, 2.24) is 15.5 Å². The molecule has 1 aromatic rings. The number of nitrogens with one attached hydrogen (secondary N) is 2. The van der Waals surface area contributed by atoms with Crippen molar-refractivity contribution >= 4 is 51.8 Å². The molecule has 1 aromatic carbocycles. The summed E-state index contributed by atoms with van der Waals surface area (Å²) in [4.78, 5) is 17.3. The minimum absolute atomic E-state index is 0. The van der Waals surface area contributed by atoms with E-state index in [1.165, 1.54) is 11.0 Å². The molecular formula is C14H21BrFIN4O. The van der Waals surface area contributed by atoms with Crippen LogP contribution in [-0.4, -0.2) is 44.0 Å². The van der Waals surface area contributed by atoms with E-state index in [0.717, 1.165) is 4.47 Å². The Balaban J connectivity index is 0.00000441. The third kappa shape index (κ3) is 7.39. The van der Waals surface area contributed by atoms with Crippen LogP contribution in [0.1, 0.15) is 12.5 Å². The van der Waals surface area contributed by atoms with Crippen molar-refractivity contribution in [3.63, 3.8) is 0 Å². The molecule has 0 aliphatic rings. The first kappa shape index (κ1) is 21.1. The molecule has 124 valence electrons. The molecule has 22 heavy (non-hydrogen) atoms. The zero-order valence-corrected chi connectivity index (χ0v) is 16.7. The zero-order valence-electron chi connectivity index (χ0n) is 12.8. The highest BCUT2D eigenvalue weighted by Crippen LogP contribution is 2.16. The fraction of sp³-hybridized carbons (Fsp3) is 0.429. The number of hydrogen-bond donors (Lipinski definition) is 2. The van der Waals surface area contributed by atoms with E-state index < -0.39 is 0 Å². The van der Waals surface area contributed by atoms with E-state index in [2.05, 4.69) is 31.6 Å². The van der Waals surface area contributed by atoms with Crippen molar-refractivity contribution in [3.8, 4) is 0 Å². The van der Waals surface area contributed by atoms with Crippen molar-refractivity contribution in [2.24, 2.45) is 4.99 Å². The van der Waals surface area contributed by atoms with Crippen molar-refractivity contribution < 1.29 is 9.18 Å². The third-order valence-electron chi connectivity index (χ3n) is 2.67. The Kier molecular flexibility index (Phi) is 10.3. The number of likely N-dealkylation sites (N-methyl/N-ethyl adjacent to an activating group) is 1. The van der Waals surface area contributed by atoms with Gasteiger partial charge < -0.3 is 15.5 Å². The van der Waals surface area contributed by atoms with Crippen LogP contribution in [0.15, 0.2) is 27.7 Å². The first-order chi connectivity index (χ1) is 9.93. The molecule has 0 spiro atoms. The van der Waals surface area contributed by atoms with Crippen molar-refractivity contribution in [3.05, 3.63) is 34.1 Å². The van der Waals surface area contributed by atoms with Crippen molar-refractivity contribution in [2.45, 2.75) is 13.5 Å². The van der Waals surface area contributed by atoms with Gasteiger partial charge in [0.1, 0.15) is 5.82 Å². The molecule has 0 aliphatic carbocycles. The average molecular weight is 487 g/mol. The third-order valence-corrected chi connectivity index (χ3v) is 3.16. The quantitative estimate of drug-likeness (QED) is 0.381. The average Bonchev–Trinajstić information content (AvgIpc) is 2.44. The lowest BCUT2D eigenvalue weighted by Gasteiger charge is -2.14. The van der Waals surface area contributed by atoms with Gasteiger partial charge in [0.15, 0.2) is 5.96 Å². The molecule has 2 N–H and O–H groups in total. The molecule has 0 fully saturated rings. The molecule has 0 saturated heterocycles. The summed E-state index contributed by atoms with van der Waals surface area (Å²) >= 11 is 3.30. The molecule has 5 nitrogen and oxygen atoms in total. The summed E-state index contributed by atoms with van der Waals surface area (Å²) in [5.41, 5.74) is 0.487. The van der Waals surface area contributed by atoms with Crippen LogP contribution >= 0.6 is 39.9 Å². The van der Waals surface area contributed by atoms with Crippen LogP contribution in [0.25, 0.3) is 0 Å². The second kappa shape index (κ2) is 10.8. The Morgan fingerprint density at radius 2 is 2.05 bits per heavy atom. The molecule has 1 amide bonds. The molecule has 0 bridgehead atoms. The molecule has 0 heterocycles. The lowest BCUT2D eigenvalue weighted by atomic mass is 10.2. The number of carbonyl (C=O) groups excluding carboxylic acids is 1. The lowest BCUT2D eigenvalue weighted by molar-refractivity contribution is -0.127. The second-order valence-corrected chi connectivity index (χ2v) is 5.49. The van der Waals surface area contributed by atoms with E-state index in [4.69, 9.17) is 0 Å². The van der Waals surface area contributed by atoms with E-state index in [1.54, 1.807) is 26.2 Å². The molecule has 1 rings (SSSR count). The number of nitrogens with zero attached hydrogens (tertiary/aromatic N) is 2. The zero-order chi connectivity index (χ0) is 15.8. The Hall–Kier alpha value is -0.900. The molecule has 0 atom stereocenters. The summed E-state index contributed by atoms with van der Waals surface area (Å²) in [6, 6.07) is 4.72. The van der Waals surface area contributed by atoms with Crippen LogP contribution < -0.4 is 10.6 Å². The van der Waals surface area contributed by atoms with Gasteiger partial charge in [0, 0.05) is 30.7 Å². The summed E-state index contributed by atoms with van der Waals surface area (Å²) in [6.45, 7) is 2.91. The number of rotatable bonds is 5. The predicted molar refractivity (Wildman–Crippen MR) is 101 cm³/mol. The molecular weight excluding hydrogens is 466 g/mol. The normalized spacial score (nSPS) is 10.7. The van der Waals surface area contributed by atoms with Crippen LogP contribution in [0.3, 0.4) is 0 Å². The van der Waals surface area contributed by atoms with Gasteiger partial charge in [0.2, 0.25) is 5.91 Å². The molecule has 8 heteroatoms. The largest absolute Gasteiger partial charge is 0.357 e. The Morgan fingerprint density at radius 3 is 2.64 bits per heavy atom. The van der Waals surface area contributed by atoms with Crippen LogP contribution in [0, 0.1) is 5.82 Å². The summed E-state index contributed by atoms with van der Waals surface area (Å²) in [5.74, 6) is 0.114. The standard InChI is InChI=1S/C14H20BrFN4O.HI/c1-4-17-14(19-9-13(21)20(2)3)18-8-10-7-11(15)5-6-12(10)16;/h5-7H,4,8-9H2,1-3H3,(H2,17,18,19);1H. The van der Waals surface area contributed by atoms with Gasteiger partial charge >= 0.3 is 0 Å². The van der Waals surface area contributed by atoms with Crippen LogP contribution in [0.2, 0.25) is 0 Å². The Labute approximate surface area is 155 Å². The summed E-state index contributed by atoms with van der Waals surface area (Å²) in [5, 5.41) is 5.93. The van der Waals surface area contributed by atoms with Gasteiger partial charge in [0.25, 0.3) is 0 Å². The van der Waals surface area contributed by atoms with Gasteiger partial charge in [-0.3, -0.25) is 4.79 Å². The van der Waals surface area contributed by atoms with Gasteiger partial charge in [-0.2, -0.15) is 0 Å². The smallest absolute Gasteiger partial charge is 0.241 e. The van der Waals surface area contributed by atoms with Crippen LogP contribution in [0.5, 0.6) is 0 Å². The lowest BCUT2D eigenvalue weighted by Crippen LogP contribution is -2.42. The van der Waals surface area contributed by atoms with Gasteiger partial charge in [-0.1, -0.05) is 15.9 Å².